The molecule has 1 aliphatic heterocycles. The summed E-state index contributed by atoms with van der Waals surface area (Å²) in [7, 11) is 0. The molecular weight excluding hydrogens is 307 g/mol. The van der Waals surface area contributed by atoms with Gasteiger partial charge in [-0.3, -0.25) is 0 Å². The van der Waals surface area contributed by atoms with E-state index in [1.165, 1.54) is 0 Å². The second-order valence-electron chi connectivity index (χ2n) is 3.09. The van der Waals surface area contributed by atoms with Crippen LogP contribution in [0, 0.1) is 0 Å². The van der Waals surface area contributed by atoms with Gasteiger partial charge in [0.1, 0.15) is 10.2 Å². The maximum absolute atomic E-state index is 11.0. The van der Waals surface area contributed by atoms with E-state index in [9.17, 15) is 4.79 Å². The zero-order valence-electron chi connectivity index (χ0n) is 7.90. The normalized spacial score (nSPS) is 15.4. The molecule has 0 atom stereocenters. The molecule has 0 aliphatic carbocycles. The van der Waals surface area contributed by atoms with Gasteiger partial charge in [-0.25, -0.2) is 4.79 Å². The fraction of sp³-hybridized carbons (Fsp3) is 0.182. The van der Waals surface area contributed by atoms with E-state index in [-0.39, 0.29) is 12.6 Å². The highest BCUT2D eigenvalue weighted by molar-refractivity contribution is 14.1. The van der Waals surface area contributed by atoms with Crippen molar-refractivity contribution >= 4 is 28.6 Å². The highest BCUT2D eigenvalue weighted by atomic mass is 127. The van der Waals surface area contributed by atoms with E-state index in [0.29, 0.717) is 15.9 Å². The molecule has 0 fully saturated rings. The molecule has 78 valence electrons. The van der Waals surface area contributed by atoms with Gasteiger partial charge < -0.3 is 9.47 Å². The van der Waals surface area contributed by atoms with Crippen LogP contribution in [0.5, 0.6) is 0 Å². The Bertz CT molecular complexity index is 398. The first kappa shape index (κ1) is 10.5. The van der Waals surface area contributed by atoms with Crippen LogP contribution >= 0.6 is 22.6 Å². The minimum Gasteiger partial charge on any atom is -0.488 e. The van der Waals surface area contributed by atoms with Crippen LogP contribution in [0.15, 0.2) is 39.7 Å². The van der Waals surface area contributed by atoms with Gasteiger partial charge in [-0.2, -0.15) is 0 Å². The van der Waals surface area contributed by atoms with Crippen molar-refractivity contribution in [2.45, 2.75) is 6.61 Å². The van der Waals surface area contributed by atoms with Gasteiger partial charge in [0.05, 0.1) is 0 Å². The molecule has 0 bridgehead atoms. The summed E-state index contributed by atoms with van der Waals surface area (Å²) in [6.45, 7) is 0.725. The minimum absolute atomic E-state index is 0.254. The Morgan fingerprint density at radius 1 is 1.33 bits per heavy atom. The summed E-state index contributed by atoms with van der Waals surface area (Å²) in [5, 5.41) is 0. The summed E-state index contributed by atoms with van der Waals surface area (Å²) in [5.74, 6) is 0.336. The number of hydrogen-bond donors (Lipinski definition) is 0. The third-order valence-corrected chi connectivity index (χ3v) is 3.06. The number of ether oxygens (including phenoxy) is 2. The molecule has 0 amide bonds. The molecule has 1 heterocycles. The first-order valence-corrected chi connectivity index (χ1v) is 5.58. The topological polar surface area (TPSA) is 35.5 Å². The molecule has 1 aromatic carbocycles. The summed E-state index contributed by atoms with van der Waals surface area (Å²) < 4.78 is 10.9. The lowest BCUT2D eigenvalue weighted by molar-refractivity contribution is -0.135. The van der Waals surface area contributed by atoms with Crippen LogP contribution in [-0.2, 0) is 20.9 Å². The van der Waals surface area contributed by atoms with Gasteiger partial charge in [0.15, 0.2) is 12.4 Å². The van der Waals surface area contributed by atoms with Crippen LogP contribution in [-0.4, -0.2) is 12.6 Å². The number of carbonyl (C=O) groups excluding carboxylic acids is 1. The average molecular weight is 316 g/mol. The standard InChI is InChI=1S/C11H9IO3/c12-10-9(7-15-11(10)13)14-6-8-4-2-1-3-5-8/h1-5H,6-7H2. The van der Waals surface area contributed by atoms with Crippen molar-refractivity contribution in [3.8, 4) is 0 Å². The Morgan fingerprint density at radius 2 is 2.07 bits per heavy atom. The van der Waals surface area contributed by atoms with Crippen molar-refractivity contribution in [2.24, 2.45) is 0 Å². The molecule has 2 rings (SSSR count). The first-order valence-electron chi connectivity index (χ1n) is 4.50. The number of halogens is 1. The molecule has 0 aromatic heterocycles. The zero-order chi connectivity index (χ0) is 10.7. The SMILES string of the molecule is O=C1OCC(OCc2ccccc2)=C1I. The fourth-order valence-electron chi connectivity index (χ4n) is 1.22. The summed E-state index contributed by atoms with van der Waals surface area (Å²) >= 11 is 1.94. The van der Waals surface area contributed by atoms with E-state index in [1.807, 2.05) is 52.9 Å². The number of benzene rings is 1. The predicted molar refractivity (Wildman–Crippen MR) is 63.2 cm³/mol. The quantitative estimate of drug-likeness (QED) is 0.635. The maximum Gasteiger partial charge on any atom is 0.348 e. The van der Waals surface area contributed by atoms with Crippen LogP contribution in [0.25, 0.3) is 0 Å². The molecule has 0 radical (unpaired) electrons. The molecule has 0 spiro atoms. The first-order chi connectivity index (χ1) is 7.27. The van der Waals surface area contributed by atoms with E-state index < -0.39 is 0 Å². The van der Waals surface area contributed by atoms with Crippen LogP contribution in [0.2, 0.25) is 0 Å². The minimum atomic E-state index is -0.293. The zero-order valence-corrected chi connectivity index (χ0v) is 10.1. The summed E-state index contributed by atoms with van der Waals surface area (Å²) in [4.78, 5) is 11.0. The van der Waals surface area contributed by atoms with Crippen LogP contribution in [0.4, 0.5) is 0 Å². The third-order valence-electron chi connectivity index (χ3n) is 2.01. The number of cyclic esters (lactones) is 1. The van der Waals surface area contributed by atoms with E-state index in [4.69, 9.17) is 9.47 Å². The van der Waals surface area contributed by atoms with Crippen molar-refractivity contribution in [1.82, 2.24) is 0 Å². The van der Waals surface area contributed by atoms with Crippen LogP contribution in [0.3, 0.4) is 0 Å². The Balaban J connectivity index is 1.97. The maximum atomic E-state index is 11.0. The van der Waals surface area contributed by atoms with Crippen molar-refractivity contribution in [3.05, 3.63) is 45.2 Å². The molecule has 1 aromatic rings. The smallest absolute Gasteiger partial charge is 0.348 e. The molecule has 0 N–H and O–H groups in total. The van der Waals surface area contributed by atoms with E-state index in [2.05, 4.69) is 0 Å². The summed E-state index contributed by atoms with van der Waals surface area (Å²) in [5.41, 5.74) is 1.08. The molecule has 0 saturated carbocycles. The lowest BCUT2D eigenvalue weighted by Gasteiger charge is -2.05. The van der Waals surface area contributed by atoms with Gasteiger partial charge in [-0.1, -0.05) is 30.3 Å². The Morgan fingerprint density at radius 3 is 2.67 bits per heavy atom. The average Bonchev–Trinajstić information content (AvgIpc) is 2.59. The van der Waals surface area contributed by atoms with Gasteiger partial charge >= 0.3 is 5.97 Å². The predicted octanol–water partition coefficient (Wildman–Crippen LogP) is 2.41. The van der Waals surface area contributed by atoms with E-state index >= 15 is 0 Å². The van der Waals surface area contributed by atoms with E-state index in [1.54, 1.807) is 0 Å². The second-order valence-corrected chi connectivity index (χ2v) is 4.17. The molecule has 4 heteroatoms. The second kappa shape index (κ2) is 4.65. The molecule has 1 aliphatic rings. The Kier molecular flexibility index (Phi) is 3.25. The molecule has 0 saturated heterocycles. The Hall–Kier alpha value is -1.04. The lowest BCUT2D eigenvalue weighted by atomic mass is 10.2. The Labute approximate surface area is 101 Å². The molecule has 0 unspecified atom stereocenters. The van der Waals surface area contributed by atoms with Crippen LogP contribution in [0.1, 0.15) is 5.56 Å². The van der Waals surface area contributed by atoms with Gasteiger partial charge in [-0.05, 0) is 28.2 Å². The van der Waals surface area contributed by atoms with Crippen molar-refractivity contribution in [1.29, 1.82) is 0 Å². The van der Waals surface area contributed by atoms with E-state index in [0.717, 1.165) is 5.56 Å². The lowest BCUT2D eigenvalue weighted by Crippen LogP contribution is -1.96. The summed E-state index contributed by atoms with van der Waals surface area (Å²) in [6.07, 6.45) is 0. The highest BCUT2D eigenvalue weighted by Crippen LogP contribution is 2.23. The number of carbonyl (C=O) groups is 1. The third kappa shape index (κ3) is 2.50. The number of hydrogen-bond acceptors (Lipinski definition) is 3. The molecular formula is C11H9IO3. The van der Waals surface area contributed by atoms with Gasteiger partial charge in [0.2, 0.25) is 0 Å². The molecule has 3 nitrogen and oxygen atoms in total. The van der Waals surface area contributed by atoms with Crippen molar-refractivity contribution < 1.29 is 14.3 Å². The highest BCUT2D eigenvalue weighted by Gasteiger charge is 2.23. The van der Waals surface area contributed by atoms with Gasteiger partial charge in [0, 0.05) is 0 Å². The largest absolute Gasteiger partial charge is 0.488 e. The van der Waals surface area contributed by atoms with Gasteiger partial charge in [0.25, 0.3) is 0 Å². The molecule has 15 heavy (non-hydrogen) atoms. The monoisotopic (exact) mass is 316 g/mol. The van der Waals surface area contributed by atoms with Crippen molar-refractivity contribution in [2.75, 3.05) is 6.61 Å². The number of rotatable bonds is 3. The van der Waals surface area contributed by atoms with Crippen molar-refractivity contribution in [3.63, 3.8) is 0 Å². The van der Waals surface area contributed by atoms with Gasteiger partial charge in [-0.15, -0.1) is 0 Å². The van der Waals surface area contributed by atoms with Crippen LogP contribution < -0.4 is 0 Å². The number of esters is 1. The fourth-order valence-corrected chi connectivity index (χ4v) is 1.69. The summed E-state index contributed by atoms with van der Waals surface area (Å²) in [6, 6.07) is 9.81.